The summed E-state index contributed by atoms with van der Waals surface area (Å²) in [5, 5.41) is 8.48. The lowest BCUT2D eigenvalue weighted by atomic mass is 10.2. The molecular weight excluding hydrogens is 208 g/mol. The van der Waals surface area contributed by atoms with Crippen LogP contribution >= 0.6 is 0 Å². The molecule has 0 bridgehead atoms. The minimum Gasteiger partial charge on any atom is -0.464 e. The predicted molar refractivity (Wildman–Crippen MR) is 63.1 cm³/mol. The minimum atomic E-state index is -0.991. The molecule has 1 unspecified atom stereocenters. The van der Waals surface area contributed by atoms with Crippen molar-refractivity contribution in [2.24, 2.45) is 0 Å². The Hall–Kier alpha value is -0.900. The quantitative estimate of drug-likeness (QED) is 0.562. The maximum atomic E-state index is 10.3. The highest BCUT2D eigenvalue weighted by Gasteiger charge is 2.07. The molecule has 1 atom stereocenters. The number of unbranched alkanes of at least 4 members (excludes halogenated alkanes) is 2. The van der Waals surface area contributed by atoms with Crippen LogP contribution in [0.1, 0.15) is 53.4 Å². The third kappa shape index (κ3) is 15.6. The fourth-order valence-corrected chi connectivity index (χ4v) is 0.887. The van der Waals surface area contributed by atoms with Crippen molar-refractivity contribution in [1.29, 1.82) is 0 Å². The number of Topliss-reactive ketones (excluding diaryl/α,β-unsaturated/α-hetero) is 1. The summed E-state index contributed by atoms with van der Waals surface area (Å²) in [5.74, 6) is -0.244. The monoisotopic (exact) mass is 232 g/mol. The van der Waals surface area contributed by atoms with E-state index in [0.29, 0.717) is 12.4 Å². The van der Waals surface area contributed by atoms with Crippen molar-refractivity contribution in [3.63, 3.8) is 0 Å². The molecule has 0 fully saturated rings. The van der Waals surface area contributed by atoms with Crippen molar-refractivity contribution in [3.8, 4) is 0 Å². The third-order valence-electron chi connectivity index (χ3n) is 1.76. The molecule has 0 aliphatic carbocycles. The van der Waals surface area contributed by atoms with E-state index in [1.165, 1.54) is 19.8 Å². The van der Waals surface area contributed by atoms with Crippen molar-refractivity contribution in [2.75, 3.05) is 6.61 Å². The molecule has 0 amide bonds. The molecule has 16 heavy (non-hydrogen) atoms. The molecule has 96 valence electrons. The summed E-state index contributed by atoms with van der Waals surface area (Å²) in [4.78, 5) is 20.6. The summed E-state index contributed by atoms with van der Waals surface area (Å²) >= 11 is 0. The van der Waals surface area contributed by atoms with Gasteiger partial charge < -0.3 is 14.6 Å². The van der Waals surface area contributed by atoms with Crippen LogP contribution in [0.3, 0.4) is 0 Å². The number of aliphatic hydroxyl groups is 1. The van der Waals surface area contributed by atoms with Crippen LogP contribution in [0, 0.1) is 0 Å². The standard InChI is InChI=1S/C7H14O.C5H10O3/c1-3-4-5-6-7(2)8;1-3-8-5(7)4(2)6/h3-6H2,1-2H3;4,6H,3H2,1-2H3. The van der Waals surface area contributed by atoms with Crippen LogP contribution in [-0.2, 0) is 14.3 Å². The van der Waals surface area contributed by atoms with Gasteiger partial charge in [0.05, 0.1) is 6.61 Å². The van der Waals surface area contributed by atoms with E-state index in [-0.39, 0.29) is 0 Å². The van der Waals surface area contributed by atoms with Crippen LogP contribution < -0.4 is 0 Å². The fraction of sp³-hybridized carbons (Fsp3) is 0.833. The summed E-state index contributed by atoms with van der Waals surface area (Å²) in [6.07, 6.45) is 3.25. The molecule has 0 saturated carbocycles. The van der Waals surface area contributed by atoms with Gasteiger partial charge in [-0.1, -0.05) is 19.8 Å². The molecule has 0 heterocycles. The van der Waals surface area contributed by atoms with Crippen LogP contribution in [0.25, 0.3) is 0 Å². The molecule has 1 N–H and O–H groups in total. The van der Waals surface area contributed by atoms with Gasteiger partial charge in [-0.05, 0) is 27.2 Å². The lowest BCUT2D eigenvalue weighted by Gasteiger charge is -2.01. The van der Waals surface area contributed by atoms with Gasteiger partial charge in [-0.25, -0.2) is 4.79 Å². The van der Waals surface area contributed by atoms with Crippen LogP contribution in [0.5, 0.6) is 0 Å². The number of carbonyl (C=O) groups excluding carboxylic acids is 2. The summed E-state index contributed by atoms with van der Waals surface area (Å²) in [7, 11) is 0. The molecule has 0 rings (SSSR count). The summed E-state index contributed by atoms with van der Waals surface area (Å²) < 4.78 is 4.41. The highest BCUT2D eigenvalue weighted by Crippen LogP contribution is 1.98. The Bertz CT molecular complexity index is 187. The highest BCUT2D eigenvalue weighted by atomic mass is 16.5. The Kier molecular flexibility index (Phi) is 13.3. The largest absolute Gasteiger partial charge is 0.464 e. The Balaban J connectivity index is 0. The first-order valence-corrected chi connectivity index (χ1v) is 5.79. The van der Waals surface area contributed by atoms with E-state index in [0.717, 1.165) is 12.8 Å². The Labute approximate surface area is 98.0 Å². The number of carbonyl (C=O) groups is 2. The van der Waals surface area contributed by atoms with E-state index in [2.05, 4.69) is 11.7 Å². The van der Waals surface area contributed by atoms with Gasteiger partial charge in [-0.3, -0.25) is 0 Å². The first kappa shape index (κ1) is 17.5. The molecule has 0 radical (unpaired) electrons. The average Bonchev–Trinajstić information content (AvgIpc) is 2.19. The maximum Gasteiger partial charge on any atom is 0.334 e. The molecular formula is C12H24O4. The number of aliphatic hydroxyl groups excluding tert-OH is 1. The molecule has 0 aliphatic rings. The topological polar surface area (TPSA) is 63.6 Å². The Morgan fingerprint density at radius 1 is 1.25 bits per heavy atom. The third-order valence-corrected chi connectivity index (χ3v) is 1.76. The van der Waals surface area contributed by atoms with E-state index in [4.69, 9.17) is 5.11 Å². The van der Waals surface area contributed by atoms with Gasteiger partial charge in [0.25, 0.3) is 0 Å². The van der Waals surface area contributed by atoms with Gasteiger partial charge in [-0.2, -0.15) is 0 Å². The molecule has 4 heteroatoms. The lowest BCUT2D eigenvalue weighted by Crippen LogP contribution is -2.18. The maximum absolute atomic E-state index is 10.3. The highest BCUT2D eigenvalue weighted by molar-refractivity contribution is 5.75. The lowest BCUT2D eigenvalue weighted by molar-refractivity contribution is -0.151. The molecule has 4 nitrogen and oxygen atoms in total. The molecule has 0 saturated heterocycles. The van der Waals surface area contributed by atoms with Crippen LogP contribution in [0.15, 0.2) is 0 Å². The van der Waals surface area contributed by atoms with Gasteiger partial charge in [-0.15, -0.1) is 0 Å². The number of rotatable bonds is 6. The summed E-state index contributed by atoms with van der Waals surface area (Å²) in [6.45, 7) is 7.18. The predicted octanol–water partition coefficient (Wildman–Crippen LogP) is 2.09. The van der Waals surface area contributed by atoms with Crippen molar-refractivity contribution < 1.29 is 19.4 Å². The zero-order chi connectivity index (χ0) is 13.0. The van der Waals surface area contributed by atoms with E-state index in [1.54, 1.807) is 13.8 Å². The van der Waals surface area contributed by atoms with E-state index in [1.807, 2.05) is 0 Å². The van der Waals surface area contributed by atoms with Crippen molar-refractivity contribution in [3.05, 3.63) is 0 Å². The van der Waals surface area contributed by atoms with Gasteiger partial charge in [0.1, 0.15) is 11.9 Å². The molecule has 0 aromatic rings. The zero-order valence-corrected chi connectivity index (χ0v) is 10.8. The smallest absolute Gasteiger partial charge is 0.334 e. The number of hydrogen-bond acceptors (Lipinski definition) is 4. The van der Waals surface area contributed by atoms with Gasteiger partial charge in [0.2, 0.25) is 0 Å². The van der Waals surface area contributed by atoms with Gasteiger partial charge in [0.15, 0.2) is 0 Å². The summed E-state index contributed by atoms with van der Waals surface area (Å²) in [5.41, 5.74) is 0. The van der Waals surface area contributed by atoms with Crippen molar-refractivity contribution >= 4 is 11.8 Å². The SMILES string of the molecule is CCCCCC(C)=O.CCOC(=O)C(C)O. The second-order valence-corrected chi connectivity index (χ2v) is 3.59. The van der Waals surface area contributed by atoms with Crippen molar-refractivity contribution in [2.45, 2.75) is 59.5 Å². The van der Waals surface area contributed by atoms with Gasteiger partial charge in [0, 0.05) is 6.42 Å². The normalized spacial score (nSPS) is 11.1. The molecule has 0 aliphatic heterocycles. The second-order valence-electron chi connectivity index (χ2n) is 3.59. The van der Waals surface area contributed by atoms with Crippen molar-refractivity contribution in [1.82, 2.24) is 0 Å². The molecule has 0 aromatic carbocycles. The van der Waals surface area contributed by atoms with Crippen LogP contribution in [0.2, 0.25) is 0 Å². The van der Waals surface area contributed by atoms with E-state index in [9.17, 15) is 9.59 Å². The van der Waals surface area contributed by atoms with E-state index >= 15 is 0 Å². The molecule has 0 aromatic heterocycles. The second kappa shape index (κ2) is 12.2. The minimum absolute atomic E-state index is 0.318. The fourth-order valence-electron chi connectivity index (χ4n) is 0.887. The Morgan fingerprint density at radius 2 is 1.81 bits per heavy atom. The first-order valence-electron chi connectivity index (χ1n) is 5.79. The number of hydrogen-bond donors (Lipinski definition) is 1. The summed E-state index contributed by atoms with van der Waals surface area (Å²) in [6, 6.07) is 0. The average molecular weight is 232 g/mol. The van der Waals surface area contributed by atoms with Crippen LogP contribution in [0.4, 0.5) is 0 Å². The first-order chi connectivity index (χ1) is 7.45. The Morgan fingerprint density at radius 3 is 2.06 bits per heavy atom. The zero-order valence-electron chi connectivity index (χ0n) is 10.8. The van der Waals surface area contributed by atoms with Gasteiger partial charge >= 0.3 is 5.97 Å². The number of esters is 1. The van der Waals surface area contributed by atoms with Crippen LogP contribution in [-0.4, -0.2) is 29.6 Å². The van der Waals surface area contributed by atoms with E-state index < -0.39 is 12.1 Å². The number of ether oxygens (including phenoxy) is 1. The number of ketones is 1. The molecule has 0 spiro atoms.